The number of carbonyl (C=O) groups is 1. The van der Waals surface area contributed by atoms with Crippen molar-refractivity contribution in [1.82, 2.24) is 10.2 Å². The molecule has 0 radical (unpaired) electrons. The first kappa shape index (κ1) is 10.5. The summed E-state index contributed by atoms with van der Waals surface area (Å²) in [5.41, 5.74) is 0. The van der Waals surface area contributed by atoms with Crippen molar-refractivity contribution >= 4 is 15.7 Å². The molecule has 0 aromatic carbocycles. The van der Waals surface area contributed by atoms with Crippen LogP contribution in [-0.2, 0) is 14.6 Å². The van der Waals surface area contributed by atoms with Gasteiger partial charge in [0.25, 0.3) is 5.91 Å². The van der Waals surface area contributed by atoms with Crippen molar-refractivity contribution in [3.05, 3.63) is 0 Å². The van der Waals surface area contributed by atoms with Crippen LogP contribution in [0.3, 0.4) is 0 Å². The summed E-state index contributed by atoms with van der Waals surface area (Å²) in [7, 11) is -1.69. The predicted molar refractivity (Wildman–Crippen MR) is 48.9 cm³/mol. The first-order chi connectivity index (χ1) is 5.99. The van der Waals surface area contributed by atoms with Gasteiger partial charge in [-0.1, -0.05) is 6.92 Å². The highest BCUT2D eigenvalue weighted by Gasteiger charge is 2.35. The van der Waals surface area contributed by atoms with Gasteiger partial charge in [0.2, 0.25) is 0 Å². The summed E-state index contributed by atoms with van der Waals surface area (Å²) in [6.07, 6.45) is 0. The van der Waals surface area contributed by atoms with Crippen molar-refractivity contribution in [1.29, 1.82) is 0 Å². The van der Waals surface area contributed by atoms with E-state index in [1.54, 1.807) is 14.0 Å². The van der Waals surface area contributed by atoms with Crippen LogP contribution in [0.15, 0.2) is 0 Å². The van der Waals surface area contributed by atoms with Crippen LogP contribution in [0.4, 0.5) is 0 Å². The maximum atomic E-state index is 11.4. The Balaban J connectivity index is 2.86. The standard InChI is InChI=1S/C7H14N2O3S/c1-3-13(11,12)6-7(10)9(2)5-4-8-6/h6,8H,3-5H2,1-2H3. The molecule has 1 rings (SSSR count). The highest BCUT2D eigenvalue weighted by Crippen LogP contribution is 2.06. The second-order valence-corrected chi connectivity index (χ2v) is 5.42. The van der Waals surface area contributed by atoms with Crippen molar-refractivity contribution in [3.63, 3.8) is 0 Å². The molecule has 1 saturated heterocycles. The molecule has 0 bridgehead atoms. The Morgan fingerprint density at radius 3 is 2.77 bits per heavy atom. The van der Waals surface area contributed by atoms with Crippen LogP contribution in [-0.4, -0.2) is 50.5 Å². The third kappa shape index (κ3) is 2.00. The van der Waals surface area contributed by atoms with Crippen LogP contribution in [0, 0.1) is 0 Å². The summed E-state index contributed by atoms with van der Waals surface area (Å²) < 4.78 is 22.8. The third-order valence-corrected chi connectivity index (χ3v) is 4.03. The molecule has 1 aliphatic rings. The number of nitrogens with zero attached hydrogens (tertiary/aromatic N) is 1. The van der Waals surface area contributed by atoms with Gasteiger partial charge >= 0.3 is 0 Å². The number of rotatable bonds is 2. The molecule has 1 N–H and O–H groups in total. The minimum Gasteiger partial charge on any atom is -0.342 e. The second kappa shape index (κ2) is 3.63. The van der Waals surface area contributed by atoms with E-state index < -0.39 is 15.2 Å². The molecular formula is C7H14N2O3S. The molecule has 0 saturated carbocycles. The lowest BCUT2D eigenvalue weighted by Gasteiger charge is -2.29. The molecule has 1 atom stereocenters. The van der Waals surface area contributed by atoms with Crippen molar-refractivity contribution in [2.75, 3.05) is 25.9 Å². The quantitative estimate of drug-likeness (QED) is 0.617. The number of amides is 1. The van der Waals surface area contributed by atoms with Crippen molar-refractivity contribution < 1.29 is 13.2 Å². The zero-order chi connectivity index (χ0) is 10.1. The van der Waals surface area contributed by atoms with Gasteiger partial charge in [0.15, 0.2) is 15.2 Å². The average molecular weight is 206 g/mol. The average Bonchev–Trinajstić information content (AvgIpc) is 2.09. The van der Waals surface area contributed by atoms with Crippen molar-refractivity contribution in [2.24, 2.45) is 0 Å². The number of nitrogens with one attached hydrogen (secondary N) is 1. The molecular weight excluding hydrogens is 192 g/mol. The van der Waals surface area contributed by atoms with Gasteiger partial charge in [-0.2, -0.15) is 0 Å². The maximum Gasteiger partial charge on any atom is 0.255 e. The van der Waals surface area contributed by atoms with E-state index in [-0.39, 0.29) is 11.7 Å². The molecule has 1 amide bonds. The fraction of sp³-hybridized carbons (Fsp3) is 0.857. The Bertz CT molecular complexity index is 299. The zero-order valence-corrected chi connectivity index (χ0v) is 8.60. The molecule has 0 aromatic heterocycles. The van der Waals surface area contributed by atoms with Gasteiger partial charge in [-0.25, -0.2) is 8.42 Å². The fourth-order valence-electron chi connectivity index (χ4n) is 1.21. The normalized spacial score (nSPS) is 24.9. The number of sulfone groups is 1. The number of hydrogen-bond donors (Lipinski definition) is 1. The van der Waals surface area contributed by atoms with Crippen LogP contribution >= 0.6 is 0 Å². The Kier molecular flexibility index (Phi) is 2.92. The van der Waals surface area contributed by atoms with Crippen LogP contribution in [0.5, 0.6) is 0 Å². The molecule has 0 spiro atoms. The highest BCUT2D eigenvalue weighted by molar-refractivity contribution is 7.92. The fourth-order valence-corrected chi connectivity index (χ4v) is 2.40. The molecule has 0 aliphatic carbocycles. The van der Waals surface area contributed by atoms with Gasteiger partial charge in [0, 0.05) is 25.9 Å². The molecule has 6 heteroatoms. The molecule has 1 heterocycles. The minimum atomic E-state index is -3.31. The lowest BCUT2D eigenvalue weighted by Crippen LogP contribution is -2.57. The Labute approximate surface area is 78.0 Å². The van der Waals surface area contributed by atoms with Crippen LogP contribution in [0.25, 0.3) is 0 Å². The van der Waals surface area contributed by atoms with E-state index in [0.29, 0.717) is 13.1 Å². The number of carbonyl (C=O) groups excluding carboxylic acids is 1. The minimum absolute atomic E-state index is 0.00968. The number of piperazine rings is 1. The summed E-state index contributed by atoms with van der Waals surface area (Å²) in [6.45, 7) is 2.64. The highest BCUT2D eigenvalue weighted by atomic mass is 32.2. The van der Waals surface area contributed by atoms with E-state index in [2.05, 4.69) is 5.32 Å². The van der Waals surface area contributed by atoms with E-state index in [0.717, 1.165) is 0 Å². The summed E-state index contributed by atoms with van der Waals surface area (Å²) in [5, 5.41) is 1.68. The van der Waals surface area contributed by atoms with E-state index >= 15 is 0 Å². The lowest BCUT2D eigenvalue weighted by molar-refractivity contribution is -0.131. The predicted octanol–water partition coefficient (Wildman–Crippen LogP) is -1.19. The van der Waals surface area contributed by atoms with E-state index in [9.17, 15) is 13.2 Å². The van der Waals surface area contributed by atoms with Gasteiger partial charge in [0.1, 0.15) is 0 Å². The van der Waals surface area contributed by atoms with Crippen molar-refractivity contribution in [2.45, 2.75) is 12.3 Å². The molecule has 13 heavy (non-hydrogen) atoms. The Morgan fingerprint density at radius 1 is 1.62 bits per heavy atom. The summed E-state index contributed by atoms with van der Waals surface area (Å²) >= 11 is 0. The summed E-state index contributed by atoms with van der Waals surface area (Å²) in [6, 6.07) is 0. The molecule has 0 aromatic rings. The Morgan fingerprint density at radius 2 is 2.23 bits per heavy atom. The largest absolute Gasteiger partial charge is 0.342 e. The lowest BCUT2D eigenvalue weighted by atomic mass is 10.4. The van der Waals surface area contributed by atoms with Gasteiger partial charge < -0.3 is 4.90 Å². The topological polar surface area (TPSA) is 66.5 Å². The number of hydrogen-bond acceptors (Lipinski definition) is 4. The van der Waals surface area contributed by atoms with Crippen LogP contribution in [0.2, 0.25) is 0 Å². The van der Waals surface area contributed by atoms with E-state index in [4.69, 9.17) is 0 Å². The summed E-state index contributed by atoms with van der Waals surface area (Å²) in [4.78, 5) is 12.9. The molecule has 1 fully saturated rings. The molecule has 1 unspecified atom stereocenters. The Hall–Kier alpha value is -0.620. The van der Waals surface area contributed by atoms with E-state index in [1.165, 1.54) is 4.90 Å². The SMILES string of the molecule is CCS(=O)(=O)C1NCCN(C)C1=O. The number of likely N-dealkylation sites (N-methyl/N-ethyl adjacent to an activating group) is 1. The smallest absolute Gasteiger partial charge is 0.255 e. The molecule has 76 valence electrons. The first-order valence-electron chi connectivity index (χ1n) is 4.19. The molecule has 1 aliphatic heterocycles. The third-order valence-electron chi connectivity index (χ3n) is 2.14. The van der Waals surface area contributed by atoms with Gasteiger partial charge in [0.05, 0.1) is 0 Å². The van der Waals surface area contributed by atoms with E-state index in [1.807, 2.05) is 0 Å². The summed E-state index contributed by atoms with van der Waals surface area (Å²) in [5.74, 6) is -0.363. The van der Waals surface area contributed by atoms with Crippen LogP contribution in [0.1, 0.15) is 6.92 Å². The zero-order valence-electron chi connectivity index (χ0n) is 7.78. The van der Waals surface area contributed by atoms with Crippen LogP contribution < -0.4 is 5.32 Å². The molecule has 5 nitrogen and oxygen atoms in total. The second-order valence-electron chi connectivity index (χ2n) is 3.05. The maximum absolute atomic E-state index is 11.4. The van der Waals surface area contributed by atoms with Gasteiger partial charge in [-0.3, -0.25) is 10.1 Å². The van der Waals surface area contributed by atoms with Gasteiger partial charge in [-0.05, 0) is 0 Å². The monoisotopic (exact) mass is 206 g/mol. The van der Waals surface area contributed by atoms with Crippen molar-refractivity contribution in [3.8, 4) is 0 Å². The van der Waals surface area contributed by atoms with Gasteiger partial charge in [-0.15, -0.1) is 0 Å². The first-order valence-corrected chi connectivity index (χ1v) is 5.90.